The van der Waals surface area contributed by atoms with E-state index in [1.54, 1.807) is 0 Å². The highest BCUT2D eigenvalue weighted by Crippen LogP contribution is 2.26. The molecule has 9 heteroatoms. The van der Waals surface area contributed by atoms with Gasteiger partial charge in [0.2, 0.25) is 11.8 Å². The molecule has 1 amide bonds. The Labute approximate surface area is 150 Å². The number of thioether (sulfide) groups is 1. The van der Waals surface area contributed by atoms with Gasteiger partial charge in [-0.05, 0) is 30.7 Å². The number of carbonyl (C=O) groups excluding carboxylic acids is 1. The Hall–Kier alpha value is -2.81. The van der Waals surface area contributed by atoms with Crippen molar-refractivity contribution in [2.45, 2.75) is 12.1 Å². The quantitative estimate of drug-likeness (QED) is 0.532. The first-order chi connectivity index (χ1) is 12.5. The van der Waals surface area contributed by atoms with Gasteiger partial charge in [0.15, 0.2) is 17.5 Å². The molecule has 0 radical (unpaired) electrons. The van der Waals surface area contributed by atoms with E-state index in [1.165, 1.54) is 0 Å². The molecule has 0 unspecified atom stereocenters. The zero-order chi connectivity index (χ0) is 18.7. The standard InChI is InChI=1S/C17H12F3N3O2S/c1-9-4-2-3-5-10(9)16-22-23-17(25-16)26-8-13(24)21-12-7-6-11(18)14(19)15(12)20/h2-7H,8H2,1H3,(H,21,24). The van der Waals surface area contributed by atoms with Gasteiger partial charge in [0, 0.05) is 5.56 Å². The minimum atomic E-state index is -1.64. The lowest BCUT2D eigenvalue weighted by Gasteiger charge is -2.06. The summed E-state index contributed by atoms with van der Waals surface area (Å²) >= 11 is 0.940. The molecule has 0 bridgehead atoms. The molecular formula is C17H12F3N3O2S. The highest BCUT2D eigenvalue weighted by Gasteiger charge is 2.16. The number of anilines is 1. The predicted octanol–water partition coefficient (Wildman–Crippen LogP) is 4.19. The number of nitrogens with zero attached hydrogens (tertiary/aromatic N) is 2. The van der Waals surface area contributed by atoms with Crippen LogP contribution in [0.25, 0.3) is 11.5 Å². The van der Waals surface area contributed by atoms with Gasteiger partial charge >= 0.3 is 0 Å². The molecule has 0 fully saturated rings. The van der Waals surface area contributed by atoms with Gasteiger partial charge in [0.1, 0.15) is 0 Å². The highest BCUT2D eigenvalue weighted by molar-refractivity contribution is 7.99. The van der Waals surface area contributed by atoms with E-state index in [0.717, 1.165) is 35.0 Å². The van der Waals surface area contributed by atoms with E-state index in [-0.39, 0.29) is 11.0 Å². The molecule has 26 heavy (non-hydrogen) atoms. The van der Waals surface area contributed by atoms with E-state index in [2.05, 4.69) is 15.5 Å². The minimum absolute atomic E-state index is 0.157. The van der Waals surface area contributed by atoms with Gasteiger partial charge in [-0.3, -0.25) is 4.79 Å². The number of hydrogen-bond acceptors (Lipinski definition) is 5. The normalized spacial score (nSPS) is 10.8. The molecule has 0 saturated carbocycles. The molecule has 134 valence electrons. The fourth-order valence-electron chi connectivity index (χ4n) is 2.13. The second-order valence-corrected chi connectivity index (χ2v) is 6.17. The smallest absolute Gasteiger partial charge is 0.277 e. The van der Waals surface area contributed by atoms with Crippen LogP contribution in [0, 0.1) is 24.4 Å². The van der Waals surface area contributed by atoms with Crippen molar-refractivity contribution in [1.29, 1.82) is 0 Å². The molecule has 0 spiro atoms. The first-order valence-electron chi connectivity index (χ1n) is 7.41. The largest absolute Gasteiger partial charge is 0.411 e. The molecule has 0 saturated heterocycles. The van der Waals surface area contributed by atoms with Crippen LogP contribution in [0.3, 0.4) is 0 Å². The first-order valence-corrected chi connectivity index (χ1v) is 8.40. The molecule has 1 heterocycles. The molecule has 5 nitrogen and oxygen atoms in total. The first kappa shape index (κ1) is 18.0. The molecule has 1 N–H and O–H groups in total. The van der Waals surface area contributed by atoms with Crippen LogP contribution < -0.4 is 5.32 Å². The predicted molar refractivity (Wildman–Crippen MR) is 90.1 cm³/mol. The van der Waals surface area contributed by atoms with Gasteiger partial charge in [-0.2, -0.15) is 0 Å². The summed E-state index contributed by atoms with van der Waals surface area (Å²) in [5, 5.41) is 10.1. The average molecular weight is 379 g/mol. The van der Waals surface area contributed by atoms with E-state index < -0.39 is 29.0 Å². The number of aryl methyl sites for hydroxylation is 1. The summed E-state index contributed by atoms with van der Waals surface area (Å²) in [6.07, 6.45) is 0. The van der Waals surface area contributed by atoms with Crippen molar-refractivity contribution < 1.29 is 22.4 Å². The van der Waals surface area contributed by atoms with Crippen LogP contribution >= 0.6 is 11.8 Å². The number of amides is 1. The van der Waals surface area contributed by atoms with Gasteiger partial charge in [0.25, 0.3) is 5.22 Å². The minimum Gasteiger partial charge on any atom is -0.411 e. The van der Waals surface area contributed by atoms with Crippen molar-refractivity contribution in [3.05, 3.63) is 59.4 Å². The van der Waals surface area contributed by atoms with Gasteiger partial charge in [-0.25, -0.2) is 13.2 Å². The van der Waals surface area contributed by atoms with E-state index >= 15 is 0 Å². The van der Waals surface area contributed by atoms with Crippen molar-refractivity contribution >= 4 is 23.4 Å². The lowest BCUT2D eigenvalue weighted by atomic mass is 10.1. The maximum atomic E-state index is 13.5. The fraction of sp³-hybridized carbons (Fsp3) is 0.118. The van der Waals surface area contributed by atoms with Crippen LogP contribution in [-0.2, 0) is 4.79 Å². The lowest BCUT2D eigenvalue weighted by Crippen LogP contribution is -2.15. The summed E-state index contributed by atoms with van der Waals surface area (Å²) in [5.41, 5.74) is 1.29. The molecule has 3 rings (SSSR count). The van der Waals surface area contributed by atoms with E-state index in [4.69, 9.17) is 4.42 Å². The molecule has 0 aliphatic heterocycles. The van der Waals surface area contributed by atoms with E-state index in [1.807, 2.05) is 31.2 Å². The van der Waals surface area contributed by atoms with E-state index in [9.17, 15) is 18.0 Å². The van der Waals surface area contributed by atoms with Crippen molar-refractivity contribution in [2.75, 3.05) is 11.1 Å². The molecule has 1 aromatic heterocycles. The zero-order valence-corrected chi connectivity index (χ0v) is 14.2. The highest BCUT2D eigenvalue weighted by atomic mass is 32.2. The number of halogens is 3. The van der Waals surface area contributed by atoms with Crippen LogP contribution in [0.4, 0.5) is 18.9 Å². The zero-order valence-electron chi connectivity index (χ0n) is 13.4. The SMILES string of the molecule is Cc1ccccc1-c1nnc(SCC(=O)Nc2ccc(F)c(F)c2F)o1. The van der Waals surface area contributed by atoms with Crippen LogP contribution in [0.2, 0.25) is 0 Å². The molecule has 3 aromatic rings. The summed E-state index contributed by atoms with van der Waals surface area (Å²) in [6.45, 7) is 1.90. The topological polar surface area (TPSA) is 68.0 Å². The molecule has 2 aromatic carbocycles. The van der Waals surface area contributed by atoms with Crippen LogP contribution in [0.1, 0.15) is 5.56 Å². The summed E-state index contributed by atoms with van der Waals surface area (Å²) < 4.78 is 45.1. The number of carbonyl (C=O) groups is 1. The van der Waals surface area contributed by atoms with Crippen molar-refractivity contribution in [2.24, 2.45) is 0 Å². The molecule has 0 atom stereocenters. The maximum absolute atomic E-state index is 13.5. The fourth-order valence-corrected chi connectivity index (χ4v) is 2.69. The van der Waals surface area contributed by atoms with Crippen molar-refractivity contribution in [3.63, 3.8) is 0 Å². The monoisotopic (exact) mass is 379 g/mol. The van der Waals surface area contributed by atoms with Gasteiger partial charge in [-0.1, -0.05) is 30.0 Å². The van der Waals surface area contributed by atoms with Gasteiger partial charge in [0.05, 0.1) is 11.4 Å². The summed E-state index contributed by atoms with van der Waals surface area (Å²) in [4.78, 5) is 11.9. The Bertz CT molecular complexity index is 962. The third-order valence-corrected chi connectivity index (χ3v) is 4.24. The summed E-state index contributed by atoms with van der Waals surface area (Å²) in [7, 11) is 0. The van der Waals surface area contributed by atoms with Crippen LogP contribution in [0.5, 0.6) is 0 Å². The Balaban J connectivity index is 1.62. The van der Waals surface area contributed by atoms with Crippen molar-refractivity contribution in [1.82, 2.24) is 10.2 Å². The number of benzene rings is 2. The Morgan fingerprint density at radius 2 is 1.88 bits per heavy atom. The number of rotatable bonds is 5. The second-order valence-electron chi connectivity index (χ2n) is 5.25. The Kier molecular flexibility index (Phi) is 5.27. The van der Waals surface area contributed by atoms with Crippen molar-refractivity contribution in [3.8, 4) is 11.5 Å². The number of nitrogens with one attached hydrogen (secondary N) is 1. The lowest BCUT2D eigenvalue weighted by molar-refractivity contribution is -0.113. The molecule has 0 aliphatic rings. The summed E-state index contributed by atoms with van der Waals surface area (Å²) in [6, 6.07) is 9.12. The number of hydrogen-bond donors (Lipinski definition) is 1. The Morgan fingerprint density at radius 1 is 1.12 bits per heavy atom. The maximum Gasteiger partial charge on any atom is 0.277 e. The number of aromatic nitrogens is 2. The third-order valence-electron chi connectivity index (χ3n) is 3.42. The van der Waals surface area contributed by atoms with Gasteiger partial charge in [-0.15, -0.1) is 10.2 Å². The molecular weight excluding hydrogens is 367 g/mol. The second kappa shape index (κ2) is 7.61. The summed E-state index contributed by atoms with van der Waals surface area (Å²) in [5.74, 6) is -4.91. The Morgan fingerprint density at radius 3 is 2.65 bits per heavy atom. The van der Waals surface area contributed by atoms with Gasteiger partial charge < -0.3 is 9.73 Å². The van der Waals surface area contributed by atoms with E-state index in [0.29, 0.717) is 5.89 Å². The third kappa shape index (κ3) is 3.88. The average Bonchev–Trinajstić information content (AvgIpc) is 3.10. The van der Waals surface area contributed by atoms with Crippen LogP contribution in [0.15, 0.2) is 46.0 Å². The van der Waals surface area contributed by atoms with Crippen LogP contribution in [-0.4, -0.2) is 21.9 Å². The molecule has 0 aliphatic carbocycles.